The lowest BCUT2D eigenvalue weighted by Gasteiger charge is -2.29. The average Bonchev–Trinajstić information content (AvgIpc) is 0.904. The predicted molar refractivity (Wildman–Crippen MR) is 607 cm³/mol. The first-order chi connectivity index (χ1) is 69.9. The smallest absolute Gasteiger partial charge is 0.176 e. The standard InChI is InChI=1S/C28H56O2.C21H42O2.C13H28O2.C11H24O2.C10H22O4.C10H22O2.C8H18O3.C8H18O2.C6H14O2.C5H12O2/c1-4-6-7-8-9-10-11-12-13-14-15-16-17-18-19-20-21-22-23-24-25-26-27-30-28(5-2)29-3;1-3-4-5-6-7-8-9-10-11-12-16-19-23-21(22-2)20-17-14-13-15-18-20;1-6-8-12(4)9-7-10-15-13(14-5)11(2)3;1-3-4-5-6-7-8-9-10-13-11-12-2;1-4-5-12-6-7-13-8-9-14-10(2)11-3;1-4-6-7-8-9-12-10(5-2)11-3;1-4-5-10-6-7-11-8(2)9-3;1-4-5-6-7-10-8(2)9-3;1-3-4-5-8-6-7-2;1-3-4-7-5-6-2/h5,28H,2,4,6-27H2,1,3H3;20-21H,3-19H2,1-2H3;11-13H,6-10H2,1-5H3;3-11H2,1-2H3;10H,4-9H2,1-3H3;10H,4-9H2,1-3H3;8H,4-7H2,1-3H3;8H,4-7H2,1-3H3;3-6H2,1-2H3;3-5H2,1-2H3. The van der Waals surface area contributed by atoms with Crippen molar-refractivity contribution in [1.82, 2.24) is 0 Å². The highest BCUT2D eigenvalue weighted by molar-refractivity contribution is 4.72. The summed E-state index contributed by atoms with van der Waals surface area (Å²) in [6.07, 6.45) is 83.8. The third-order valence-electron chi connectivity index (χ3n) is 23.9. The summed E-state index contributed by atoms with van der Waals surface area (Å²) in [5.41, 5.74) is 0. The van der Waals surface area contributed by atoms with Crippen LogP contribution in [-0.2, 0) is 109 Å². The Kier molecular flexibility index (Phi) is 171. The van der Waals surface area contributed by atoms with E-state index in [9.17, 15) is 0 Å². The maximum Gasteiger partial charge on any atom is 0.176 e. The van der Waals surface area contributed by atoms with Crippen molar-refractivity contribution in [2.24, 2.45) is 17.8 Å². The third-order valence-corrected chi connectivity index (χ3v) is 23.9. The minimum Gasteiger partial charge on any atom is -0.379 e. The number of methoxy groups -OCH3 is 10. The molecule has 0 aromatic heterocycles. The Labute approximate surface area is 891 Å². The van der Waals surface area contributed by atoms with E-state index in [0.29, 0.717) is 71.9 Å². The van der Waals surface area contributed by atoms with E-state index in [4.69, 9.17) is 99.5 Å². The van der Waals surface area contributed by atoms with Crippen LogP contribution in [0.2, 0.25) is 0 Å². The number of hydrogen-bond donors (Lipinski definition) is 0. The van der Waals surface area contributed by atoms with Crippen molar-refractivity contribution in [2.75, 3.05) is 197 Å². The normalized spacial score (nSPS) is 13.4. The lowest BCUT2D eigenvalue weighted by atomic mass is 9.89. The summed E-state index contributed by atoms with van der Waals surface area (Å²) in [6, 6.07) is 0. The van der Waals surface area contributed by atoms with Gasteiger partial charge in [0.25, 0.3) is 0 Å². The van der Waals surface area contributed by atoms with Gasteiger partial charge in [-0.2, -0.15) is 0 Å². The van der Waals surface area contributed by atoms with Gasteiger partial charge in [0.05, 0.1) is 46.2 Å². The van der Waals surface area contributed by atoms with Crippen molar-refractivity contribution in [3.05, 3.63) is 12.7 Å². The van der Waals surface area contributed by atoms with Crippen LogP contribution in [0.25, 0.3) is 0 Å². The lowest BCUT2D eigenvalue weighted by molar-refractivity contribution is -0.162. The van der Waals surface area contributed by atoms with Crippen LogP contribution in [0.3, 0.4) is 0 Å². The molecule has 0 aromatic carbocycles. The summed E-state index contributed by atoms with van der Waals surface area (Å²) in [7, 11) is 16.7. The summed E-state index contributed by atoms with van der Waals surface area (Å²) >= 11 is 0. The molecule has 874 valence electrons. The fraction of sp³-hybridized carbons (Fsp3) is 0.983. The SMILES string of the molecule is C=CC(OC)OCCCCCCCCCCCCCCCCCCCCCCCC.CCCC(C)CCCOC(OC)C(C)C.CCCCCCCCCCCCCOC(OC)C1CCCCC1.CCCCCCCCCOCOC.CCCCCCOC(CC)OC.CCCCCOC(C)OC.CCCCOCOC.CCCOCCOC(C)OC.CCCOCCOCCOC(C)OC.CCCOCOC. The molecule has 0 aromatic rings. The van der Waals surface area contributed by atoms with E-state index in [2.05, 4.69) is 113 Å². The fourth-order valence-corrected chi connectivity index (χ4v) is 14.9. The Morgan fingerprint density at radius 3 is 0.846 bits per heavy atom. The lowest BCUT2D eigenvalue weighted by Crippen LogP contribution is -2.28. The zero-order valence-electron chi connectivity index (χ0n) is 101. The first-order valence-electron chi connectivity index (χ1n) is 59.4. The van der Waals surface area contributed by atoms with E-state index >= 15 is 0 Å². The second kappa shape index (κ2) is 154. The third kappa shape index (κ3) is 159. The molecule has 8 unspecified atom stereocenters. The predicted octanol–water partition coefficient (Wildman–Crippen LogP) is 34.3. The average molecular weight is 2070 g/mol. The van der Waals surface area contributed by atoms with Gasteiger partial charge in [0.2, 0.25) is 0 Å². The monoisotopic (exact) mass is 2070 g/mol. The number of rotatable bonds is 100. The van der Waals surface area contributed by atoms with Gasteiger partial charge in [0.1, 0.15) is 20.4 Å². The summed E-state index contributed by atoms with van der Waals surface area (Å²) in [4.78, 5) is 0. The second-order valence-corrected chi connectivity index (χ2v) is 38.3. The van der Waals surface area contributed by atoms with E-state index in [1.54, 1.807) is 77.2 Å². The highest BCUT2D eigenvalue weighted by atomic mass is 16.7. The minimum atomic E-state index is -0.236. The topological polar surface area (TPSA) is 212 Å². The van der Waals surface area contributed by atoms with Crippen molar-refractivity contribution >= 4 is 0 Å². The molecular formula is C120H256O23. The van der Waals surface area contributed by atoms with Crippen LogP contribution in [0.4, 0.5) is 0 Å². The molecule has 0 radical (unpaired) electrons. The van der Waals surface area contributed by atoms with Crippen LogP contribution in [-0.4, -0.2) is 241 Å². The van der Waals surface area contributed by atoms with Gasteiger partial charge < -0.3 is 109 Å². The van der Waals surface area contributed by atoms with Crippen molar-refractivity contribution in [3.8, 4) is 0 Å². The van der Waals surface area contributed by atoms with Gasteiger partial charge in [0.15, 0.2) is 44.0 Å². The van der Waals surface area contributed by atoms with Crippen LogP contribution in [0.15, 0.2) is 12.7 Å². The first kappa shape index (κ1) is 159. The largest absolute Gasteiger partial charge is 0.379 e. The summed E-state index contributed by atoms with van der Waals surface area (Å²) in [6.45, 7) is 53.0. The molecule has 0 saturated heterocycles. The number of ether oxygens (including phenoxy) is 23. The van der Waals surface area contributed by atoms with Crippen molar-refractivity contribution in [3.63, 3.8) is 0 Å². The van der Waals surface area contributed by atoms with Crippen molar-refractivity contribution < 1.29 is 109 Å². The van der Waals surface area contributed by atoms with E-state index in [1.807, 2.05) is 20.8 Å². The molecule has 23 nitrogen and oxygen atoms in total. The van der Waals surface area contributed by atoms with E-state index in [-0.39, 0.29) is 44.0 Å². The minimum absolute atomic E-state index is 0.00614. The molecule has 0 heterocycles. The fourth-order valence-electron chi connectivity index (χ4n) is 14.9. The zero-order chi connectivity index (χ0) is 108. The molecule has 1 aliphatic carbocycles. The summed E-state index contributed by atoms with van der Waals surface area (Å²) in [5, 5.41) is 0. The molecular weight excluding hydrogens is 1810 g/mol. The summed E-state index contributed by atoms with van der Waals surface area (Å²) in [5.74, 6) is 1.91. The van der Waals surface area contributed by atoms with Crippen molar-refractivity contribution in [1.29, 1.82) is 0 Å². The maximum absolute atomic E-state index is 5.99. The van der Waals surface area contributed by atoms with Crippen LogP contribution in [0, 0.1) is 17.8 Å². The molecule has 0 spiro atoms. The van der Waals surface area contributed by atoms with E-state index < -0.39 is 0 Å². The van der Waals surface area contributed by atoms with Gasteiger partial charge in [-0.05, 0) is 123 Å². The van der Waals surface area contributed by atoms with E-state index in [1.165, 1.54) is 340 Å². The van der Waals surface area contributed by atoms with Gasteiger partial charge in [0, 0.05) is 142 Å². The molecule has 8 atom stereocenters. The molecule has 143 heavy (non-hydrogen) atoms. The first-order valence-corrected chi connectivity index (χ1v) is 59.4. The van der Waals surface area contributed by atoms with Gasteiger partial charge in [-0.1, -0.05) is 412 Å². The van der Waals surface area contributed by atoms with Gasteiger partial charge >= 0.3 is 0 Å². The van der Waals surface area contributed by atoms with E-state index in [0.717, 1.165) is 130 Å². The van der Waals surface area contributed by atoms with Gasteiger partial charge in [-0.25, -0.2) is 0 Å². The van der Waals surface area contributed by atoms with Gasteiger partial charge in [-0.3, -0.25) is 0 Å². The van der Waals surface area contributed by atoms with Crippen LogP contribution in [0.1, 0.15) is 516 Å². The Morgan fingerprint density at radius 1 is 0.231 bits per heavy atom. The molecule has 0 aliphatic heterocycles. The molecule has 23 heteroatoms. The Morgan fingerprint density at radius 2 is 0.524 bits per heavy atom. The van der Waals surface area contributed by atoms with Crippen LogP contribution in [0.5, 0.6) is 0 Å². The molecule has 1 fully saturated rings. The second-order valence-electron chi connectivity index (χ2n) is 38.3. The van der Waals surface area contributed by atoms with Crippen LogP contribution < -0.4 is 0 Å². The maximum atomic E-state index is 5.99. The van der Waals surface area contributed by atoms with Crippen LogP contribution >= 0.6 is 0 Å². The quantitative estimate of drug-likeness (QED) is 0.0314. The summed E-state index contributed by atoms with van der Waals surface area (Å²) < 4.78 is 119. The van der Waals surface area contributed by atoms with Crippen molar-refractivity contribution in [2.45, 2.75) is 560 Å². The molecule has 0 N–H and O–H groups in total. The molecule has 0 amide bonds. The van der Waals surface area contributed by atoms with Gasteiger partial charge in [-0.15, -0.1) is 0 Å². The zero-order valence-corrected chi connectivity index (χ0v) is 101. The highest BCUT2D eigenvalue weighted by Gasteiger charge is 2.24. The molecule has 1 saturated carbocycles. The number of unbranched alkanes of at least 4 members (excludes halogenated alkanes) is 43. The number of hydrogen-bond acceptors (Lipinski definition) is 23. The highest BCUT2D eigenvalue weighted by Crippen LogP contribution is 2.29. The Bertz CT molecular complexity index is 2000. The Hall–Kier alpha value is -1.18. The molecule has 1 rings (SSSR count). The molecule has 1 aliphatic rings. The molecule has 0 bridgehead atoms. The Balaban J connectivity index is -0.000000206.